The zero-order chi connectivity index (χ0) is 14.4. The van der Waals surface area contributed by atoms with Crippen molar-refractivity contribution >= 4 is 11.6 Å². The number of hydrogen-bond donors (Lipinski definition) is 3. The number of anilines is 1. The SMILES string of the molecule is Cc1cc(C)c(C(=O)NC2CC(O)C2(C)C)cc1N. The first-order valence-electron chi connectivity index (χ1n) is 6.59. The lowest BCUT2D eigenvalue weighted by atomic mass is 9.64. The summed E-state index contributed by atoms with van der Waals surface area (Å²) in [5.74, 6) is -0.117. The van der Waals surface area contributed by atoms with E-state index in [1.807, 2.05) is 33.8 Å². The van der Waals surface area contributed by atoms with Gasteiger partial charge >= 0.3 is 0 Å². The molecule has 2 unspecified atom stereocenters. The summed E-state index contributed by atoms with van der Waals surface area (Å²) in [6.07, 6.45) is 0.265. The molecule has 0 radical (unpaired) electrons. The smallest absolute Gasteiger partial charge is 0.251 e. The Balaban J connectivity index is 2.16. The number of rotatable bonds is 2. The summed E-state index contributed by atoms with van der Waals surface area (Å²) in [7, 11) is 0. The van der Waals surface area contributed by atoms with Crippen molar-refractivity contribution in [3.63, 3.8) is 0 Å². The van der Waals surface area contributed by atoms with Gasteiger partial charge in [0.25, 0.3) is 5.91 Å². The molecule has 1 fully saturated rings. The van der Waals surface area contributed by atoms with E-state index in [-0.39, 0.29) is 23.5 Å². The Hall–Kier alpha value is -1.55. The molecule has 1 saturated carbocycles. The molecule has 4 nitrogen and oxygen atoms in total. The third-order valence-corrected chi connectivity index (χ3v) is 4.38. The molecule has 4 heteroatoms. The molecule has 1 aliphatic carbocycles. The Bertz CT molecular complexity index is 523. The molecule has 4 N–H and O–H groups in total. The molecule has 104 valence electrons. The zero-order valence-electron chi connectivity index (χ0n) is 11.9. The Morgan fingerprint density at radius 3 is 2.53 bits per heavy atom. The predicted octanol–water partition coefficient (Wildman–Crippen LogP) is 1.77. The first-order valence-corrected chi connectivity index (χ1v) is 6.59. The van der Waals surface area contributed by atoms with Crippen molar-refractivity contribution in [1.82, 2.24) is 5.32 Å². The third-order valence-electron chi connectivity index (χ3n) is 4.38. The molecule has 0 aromatic heterocycles. The molecule has 2 atom stereocenters. The van der Waals surface area contributed by atoms with Crippen LogP contribution in [0.1, 0.15) is 41.8 Å². The van der Waals surface area contributed by atoms with E-state index in [0.717, 1.165) is 11.1 Å². The number of aryl methyl sites for hydroxylation is 2. The average molecular weight is 262 g/mol. The Morgan fingerprint density at radius 2 is 2.00 bits per heavy atom. The van der Waals surface area contributed by atoms with Crippen LogP contribution in [-0.4, -0.2) is 23.2 Å². The third kappa shape index (κ3) is 2.32. The van der Waals surface area contributed by atoms with Crippen molar-refractivity contribution in [2.75, 3.05) is 5.73 Å². The van der Waals surface area contributed by atoms with Gasteiger partial charge < -0.3 is 16.2 Å². The maximum Gasteiger partial charge on any atom is 0.251 e. The molecule has 1 aromatic rings. The van der Waals surface area contributed by atoms with Crippen molar-refractivity contribution in [2.45, 2.75) is 46.3 Å². The highest BCUT2D eigenvalue weighted by atomic mass is 16.3. The minimum Gasteiger partial charge on any atom is -0.398 e. The summed E-state index contributed by atoms with van der Waals surface area (Å²) in [6.45, 7) is 7.75. The lowest BCUT2D eigenvalue weighted by Crippen LogP contribution is -2.61. The van der Waals surface area contributed by atoms with Crippen LogP contribution in [0.15, 0.2) is 12.1 Å². The van der Waals surface area contributed by atoms with E-state index in [9.17, 15) is 9.90 Å². The molecule has 19 heavy (non-hydrogen) atoms. The summed E-state index contributed by atoms with van der Waals surface area (Å²) < 4.78 is 0. The molecule has 0 bridgehead atoms. The van der Waals surface area contributed by atoms with E-state index in [4.69, 9.17) is 5.73 Å². The summed E-state index contributed by atoms with van der Waals surface area (Å²) in [6, 6.07) is 3.66. The monoisotopic (exact) mass is 262 g/mol. The zero-order valence-corrected chi connectivity index (χ0v) is 11.9. The van der Waals surface area contributed by atoms with Gasteiger partial charge in [-0.1, -0.05) is 19.9 Å². The van der Waals surface area contributed by atoms with E-state index in [2.05, 4.69) is 5.32 Å². The Kier molecular flexibility index (Phi) is 3.31. The van der Waals surface area contributed by atoms with Gasteiger partial charge in [-0.05, 0) is 37.5 Å². The summed E-state index contributed by atoms with van der Waals surface area (Å²) in [5, 5.41) is 12.7. The van der Waals surface area contributed by atoms with Crippen LogP contribution >= 0.6 is 0 Å². The fourth-order valence-electron chi connectivity index (χ4n) is 2.50. The van der Waals surface area contributed by atoms with E-state index < -0.39 is 0 Å². The molecule has 1 aromatic carbocycles. The number of carbonyl (C=O) groups excluding carboxylic acids is 1. The van der Waals surface area contributed by atoms with Gasteiger partial charge in [-0.15, -0.1) is 0 Å². The fraction of sp³-hybridized carbons (Fsp3) is 0.533. The van der Waals surface area contributed by atoms with Gasteiger partial charge in [-0.3, -0.25) is 4.79 Å². The number of nitrogens with two attached hydrogens (primary N) is 1. The highest BCUT2D eigenvalue weighted by Crippen LogP contribution is 2.40. The molecular weight excluding hydrogens is 240 g/mol. The van der Waals surface area contributed by atoms with Crippen molar-refractivity contribution in [3.05, 3.63) is 28.8 Å². The second kappa shape index (κ2) is 4.53. The normalized spacial score (nSPS) is 24.7. The Labute approximate surface area is 114 Å². The lowest BCUT2D eigenvalue weighted by molar-refractivity contribution is -0.0689. The van der Waals surface area contributed by atoms with E-state index in [0.29, 0.717) is 17.7 Å². The number of benzene rings is 1. The summed E-state index contributed by atoms with van der Waals surface area (Å²) in [5.41, 5.74) is 8.73. The van der Waals surface area contributed by atoms with Gasteiger partial charge in [-0.2, -0.15) is 0 Å². The van der Waals surface area contributed by atoms with Crippen molar-refractivity contribution < 1.29 is 9.90 Å². The maximum atomic E-state index is 12.3. The lowest BCUT2D eigenvalue weighted by Gasteiger charge is -2.49. The molecule has 0 spiro atoms. The van der Waals surface area contributed by atoms with Crippen LogP contribution in [0.3, 0.4) is 0 Å². The highest BCUT2D eigenvalue weighted by Gasteiger charge is 2.48. The topological polar surface area (TPSA) is 75.3 Å². The summed E-state index contributed by atoms with van der Waals surface area (Å²) in [4.78, 5) is 12.3. The quantitative estimate of drug-likeness (QED) is 0.711. The number of carbonyl (C=O) groups is 1. The second-order valence-electron chi connectivity index (χ2n) is 6.12. The maximum absolute atomic E-state index is 12.3. The molecule has 1 amide bonds. The minimum absolute atomic E-state index is 0.0110. The van der Waals surface area contributed by atoms with Crippen LogP contribution in [-0.2, 0) is 0 Å². The van der Waals surface area contributed by atoms with Gasteiger partial charge in [-0.25, -0.2) is 0 Å². The van der Waals surface area contributed by atoms with Crippen molar-refractivity contribution in [1.29, 1.82) is 0 Å². The first kappa shape index (κ1) is 13.9. The molecule has 2 rings (SSSR count). The van der Waals surface area contributed by atoms with Gasteiger partial charge in [0.15, 0.2) is 0 Å². The largest absolute Gasteiger partial charge is 0.398 e. The van der Waals surface area contributed by atoms with Gasteiger partial charge in [0.1, 0.15) is 0 Å². The molecule has 0 heterocycles. The van der Waals surface area contributed by atoms with E-state index in [1.165, 1.54) is 0 Å². The average Bonchev–Trinajstić information content (AvgIpc) is 2.33. The molecule has 1 aliphatic rings. The number of nitrogens with one attached hydrogen (secondary N) is 1. The Morgan fingerprint density at radius 1 is 1.37 bits per heavy atom. The van der Waals surface area contributed by atoms with Crippen LogP contribution in [0.5, 0.6) is 0 Å². The van der Waals surface area contributed by atoms with E-state index in [1.54, 1.807) is 6.07 Å². The number of aliphatic hydroxyl groups is 1. The molecular formula is C15H22N2O2. The standard InChI is InChI=1S/C15H22N2O2/c1-8-5-9(2)11(16)6-10(8)14(19)17-12-7-13(18)15(12,3)4/h5-6,12-13,18H,7,16H2,1-4H3,(H,17,19). The summed E-state index contributed by atoms with van der Waals surface area (Å²) >= 11 is 0. The number of aliphatic hydroxyl groups excluding tert-OH is 1. The minimum atomic E-state index is -0.345. The highest BCUT2D eigenvalue weighted by molar-refractivity contribution is 5.97. The molecule has 0 aliphatic heterocycles. The van der Waals surface area contributed by atoms with Crippen molar-refractivity contribution in [3.8, 4) is 0 Å². The predicted molar refractivity (Wildman–Crippen MR) is 76.0 cm³/mol. The second-order valence-corrected chi connectivity index (χ2v) is 6.12. The van der Waals surface area contributed by atoms with Crippen LogP contribution in [0.2, 0.25) is 0 Å². The van der Waals surface area contributed by atoms with Gasteiger partial charge in [0, 0.05) is 22.7 Å². The fourth-order valence-corrected chi connectivity index (χ4v) is 2.50. The van der Waals surface area contributed by atoms with E-state index >= 15 is 0 Å². The number of hydrogen-bond acceptors (Lipinski definition) is 3. The van der Waals surface area contributed by atoms with Crippen LogP contribution in [0, 0.1) is 19.3 Å². The first-order chi connectivity index (χ1) is 8.73. The van der Waals surface area contributed by atoms with Crippen LogP contribution in [0.4, 0.5) is 5.69 Å². The van der Waals surface area contributed by atoms with Gasteiger partial charge in [0.2, 0.25) is 0 Å². The number of amides is 1. The van der Waals surface area contributed by atoms with Crippen LogP contribution in [0.25, 0.3) is 0 Å². The van der Waals surface area contributed by atoms with Crippen molar-refractivity contribution in [2.24, 2.45) is 5.41 Å². The van der Waals surface area contributed by atoms with Gasteiger partial charge in [0.05, 0.1) is 6.10 Å². The number of nitrogen functional groups attached to an aromatic ring is 1. The molecule has 0 saturated heterocycles. The van der Waals surface area contributed by atoms with Crippen LogP contribution < -0.4 is 11.1 Å².